The molecule has 0 atom stereocenters. The maximum Gasteiger partial charge on any atom is 0.471 e. The number of morpholine rings is 2. The Morgan fingerprint density at radius 2 is 1.00 bits per heavy atom. The normalized spacial score (nSPS) is 14.2. The van der Waals surface area contributed by atoms with E-state index >= 15 is 0 Å². The van der Waals surface area contributed by atoms with Crippen LogP contribution in [0.3, 0.4) is 0 Å². The van der Waals surface area contributed by atoms with Gasteiger partial charge in [0, 0.05) is 88.3 Å². The molecular formula is C43H43F6N9O7. The van der Waals surface area contributed by atoms with Crippen LogP contribution in [0.15, 0.2) is 102 Å². The number of Topliss-reactive ketones (excluding diaryl/α,β-unsaturated/α-hetero) is 1. The molecule has 2 aliphatic rings. The highest BCUT2D eigenvalue weighted by molar-refractivity contribution is 5.99. The van der Waals surface area contributed by atoms with Crippen LogP contribution in [0.5, 0.6) is 0 Å². The van der Waals surface area contributed by atoms with Crippen LogP contribution in [0.2, 0.25) is 0 Å². The summed E-state index contributed by atoms with van der Waals surface area (Å²) < 4.78 is 90.2. The van der Waals surface area contributed by atoms with Crippen LogP contribution in [0.4, 0.5) is 35.9 Å². The number of halogens is 6. The summed E-state index contributed by atoms with van der Waals surface area (Å²) in [6, 6.07) is 19.9. The molecule has 2 aromatic carbocycles. The fourth-order valence-electron chi connectivity index (χ4n) is 6.52. The third kappa shape index (κ3) is 14.0. The number of rotatable bonds is 12. The first-order valence-corrected chi connectivity index (χ1v) is 20.1. The SMILES string of the molecule is O=C(CNC(=O)C(F)(F)F)c1ccc(CN(Cc2ccncc2)C(=O)N2CCOCC2)cc1.O=C(N1CCOCC1)N(Cc1ccncc1)Cc1ccc(-c2nnc(C(F)(F)F)o2)cc1. The quantitative estimate of drug-likeness (QED) is 0.115. The molecule has 2 aliphatic heterocycles. The molecule has 0 radical (unpaired) electrons. The molecule has 7 rings (SSSR count). The number of amides is 5. The van der Waals surface area contributed by atoms with Crippen molar-refractivity contribution in [3.05, 3.63) is 131 Å². The zero-order valence-electron chi connectivity index (χ0n) is 34.6. The van der Waals surface area contributed by atoms with Gasteiger partial charge in [0.05, 0.1) is 33.0 Å². The van der Waals surface area contributed by atoms with Crippen molar-refractivity contribution < 1.29 is 59.4 Å². The van der Waals surface area contributed by atoms with Crippen molar-refractivity contribution in [2.45, 2.75) is 38.5 Å². The van der Waals surface area contributed by atoms with Gasteiger partial charge in [0.1, 0.15) is 0 Å². The molecule has 22 heteroatoms. The average molecular weight is 912 g/mol. The lowest BCUT2D eigenvalue weighted by atomic mass is 10.1. The van der Waals surface area contributed by atoms with E-state index in [-0.39, 0.29) is 30.1 Å². The molecule has 0 bridgehead atoms. The van der Waals surface area contributed by atoms with Crippen LogP contribution in [0.1, 0.15) is 38.5 Å². The summed E-state index contributed by atoms with van der Waals surface area (Å²) in [7, 11) is 0. The first kappa shape index (κ1) is 47.5. The van der Waals surface area contributed by atoms with Gasteiger partial charge >= 0.3 is 36.2 Å². The van der Waals surface area contributed by atoms with E-state index in [0.29, 0.717) is 77.8 Å². The Hall–Kier alpha value is -6.94. The number of nitrogens with one attached hydrogen (secondary N) is 1. The summed E-state index contributed by atoms with van der Waals surface area (Å²) in [6.07, 6.45) is -3.12. The van der Waals surface area contributed by atoms with Gasteiger partial charge in [0.2, 0.25) is 5.89 Å². The number of carbonyl (C=O) groups is 4. The maximum absolute atomic E-state index is 13.1. The maximum atomic E-state index is 13.1. The number of ketones is 1. The van der Waals surface area contributed by atoms with Gasteiger partial charge in [-0.05, 0) is 58.7 Å². The first-order valence-electron chi connectivity index (χ1n) is 20.1. The van der Waals surface area contributed by atoms with Gasteiger partial charge in [-0.3, -0.25) is 19.6 Å². The fraction of sp³-hybridized carbons (Fsp3) is 0.349. The van der Waals surface area contributed by atoms with Gasteiger partial charge in [-0.15, -0.1) is 10.2 Å². The smallest absolute Gasteiger partial charge is 0.413 e. The minimum absolute atomic E-state index is 0.110. The number of carbonyl (C=O) groups excluding carboxylic acids is 4. The van der Waals surface area contributed by atoms with Crippen LogP contribution < -0.4 is 5.32 Å². The molecule has 5 heterocycles. The molecule has 5 amide bonds. The van der Waals surface area contributed by atoms with Crippen LogP contribution in [-0.2, 0) is 46.6 Å². The number of aromatic nitrogens is 4. The summed E-state index contributed by atoms with van der Waals surface area (Å²) in [5.74, 6) is -4.43. The molecule has 2 saturated heterocycles. The van der Waals surface area contributed by atoms with E-state index in [2.05, 4.69) is 20.2 Å². The summed E-state index contributed by atoms with van der Waals surface area (Å²) >= 11 is 0. The molecule has 0 saturated carbocycles. The van der Waals surface area contributed by atoms with Crippen molar-refractivity contribution in [2.75, 3.05) is 59.2 Å². The third-order valence-electron chi connectivity index (χ3n) is 9.91. The predicted molar refractivity (Wildman–Crippen MR) is 217 cm³/mol. The zero-order chi connectivity index (χ0) is 46.4. The zero-order valence-corrected chi connectivity index (χ0v) is 34.6. The highest BCUT2D eigenvalue weighted by Crippen LogP contribution is 2.30. The summed E-state index contributed by atoms with van der Waals surface area (Å²) in [5, 5.41) is 8.06. The van der Waals surface area contributed by atoms with Gasteiger partial charge in [-0.2, -0.15) is 26.3 Å². The van der Waals surface area contributed by atoms with Crippen molar-refractivity contribution in [3.8, 4) is 11.5 Å². The van der Waals surface area contributed by atoms with E-state index in [1.54, 1.807) is 86.1 Å². The van der Waals surface area contributed by atoms with Gasteiger partial charge in [0.25, 0.3) is 0 Å². The van der Waals surface area contributed by atoms with E-state index in [4.69, 9.17) is 13.9 Å². The first-order chi connectivity index (χ1) is 31.1. The number of nitrogens with zero attached hydrogens (tertiary/aromatic N) is 8. The summed E-state index contributed by atoms with van der Waals surface area (Å²) in [4.78, 5) is 64.0. The second kappa shape index (κ2) is 22.1. The van der Waals surface area contributed by atoms with Crippen molar-refractivity contribution in [3.63, 3.8) is 0 Å². The van der Waals surface area contributed by atoms with E-state index in [9.17, 15) is 45.5 Å². The number of pyridine rings is 2. The molecule has 65 heavy (non-hydrogen) atoms. The Balaban J connectivity index is 0.000000215. The topological polar surface area (TPSA) is 176 Å². The largest absolute Gasteiger partial charge is 0.471 e. The molecule has 0 spiro atoms. The molecule has 1 N–H and O–H groups in total. The van der Waals surface area contributed by atoms with Crippen LogP contribution in [-0.4, -0.2) is 129 Å². The van der Waals surface area contributed by atoms with E-state index < -0.39 is 36.5 Å². The van der Waals surface area contributed by atoms with E-state index in [0.717, 1.165) is 22.3 Å². The van der Waals surface area contributed by atoms with Gasteiger partial charge < -0.3 is 38.8 Å². The van der Waals surface area contributed by atoms with E-state index in [1.165, 1.54) is 12.1 Å². The van der Waals surface area contributed by atoms with E-state index in [1.807, 2.05) is 24.3 Å². The number of hydrogen-bond donors (Lipinski definition) is 1. The predicted octanol–water partition coefficient (Wildman–Crippen LogP) is 6.00. The number of hydrogen-bond acceptors (Lipinski definition) is 11. The molecule has 3 aromatic heterocycles. The van der Waals surface area contributed by atoms with Crippen LogP contribution in [0, 0.1) is 0 Å². The minimum atomic E-state index is -5.05. The molecular weight excluding hydrogens is 869 g/mol. The lowest BCUT2D eigenvalue weighted by Gasteiger charge is -2.33. The Morgan fingerprint density at radius 1 is 0.585 bits per heavy atom. The number of alkyl halides is 6. The highest BCUT2D eigenvalue weighted by Gasteiger charge is 2.39. The lowest BCUT2D eigenvalue weighted by Crippen LogP contribution is -2.47. The molecule has 2 fully saturated rings. The fourth-order valence-corrected chi connectivity index (χ4v) is 6.52. The second-order valence-electron chi connectivity index (χ2n) is 14.6. The Labute approximate surface area is 368 Å². The van der Waals surface area contributed by atoms with Crippen molar-refractivity contribution in [1.82, 2.24) is 45.1 Å². The summed E-state index contributed by atoms with van der Waals surface area (Å²) in [6.45, 7) is 4.49. The Morgan fingerprint density at radius 3 is 1.40 bits per heavy atom. The van der Waals surface area contributed by atoms with Crippen LogP contribution >= 0.6 is 0 Å². The molecule has 344 valence electrons. The number of ether oxygens (including phenoxy) is 2. The third-order valence-corrected chi connectivity index (χ3v) is 9.91. The molecule has 5 aromatic rings. The minimum Gasteiger partial charge on any atom is -0.413 e. The number of benzene rings is 2. The molecule has 0 unspecified atom stereocenters. The van der Waals surface area contributed by atoms with Crippen molar-refractivity contribution >= 4 is 23.8 Å². The second-order valence-corrected chi connectivity index (χ2v) is 14.6. The monoisotopic (exact) mass is 911 g/mol. The highest BCUT2D eigenvalue weighted by atomic mass is 19.4. The van der Waals surface area contributed by atoms with Gasteiger partial charge in [-0.1, -0.05) is 36.4 Å². The Bertz CT molecular complexity index is 2320. The Kier molecular flexibility index (Phi) is 16.2. The van der Waals surface area contributed by atoms with Gasteiger partial charge in [-0.25, -0.2) is 9.59 Å². The van der Waals surface area contributed by atoms with Crippen molar-refractivity contribution in [2.24, 2.45) is 0 Å². The van der Waals surface area contributed by atoms with Crippen molar-refractivity contribution in [1.29, 1.82) is 0 Å². The van der Waals surface area contributed by atoms with Crippen LogP contribution in [0.25, 0.3) is 11.5 Å². The lowest BCUT2D eigenvalue weighted by molar-refractivity contribution is -0.173. The van der Waals surface area contributed by atoms with Gasteiger partial charge in [0.15, 0.2) is 5.78 Å². The molecule has 0 aliphatic carbocycles. The number of urea groups is 2. The summed E-state index contributed by atoms with van der Waals surface area (Å²) in [5.41, 5.74) is 3.89. The standard InChI is InChI=1S/C22H23F3N4O4.C21H20F3N5O3/c23-22(24,25)20(31)27-13-19(30)18-3-1-16(2-4-18)14-29(15-17-5-7-26-8-6-17)21(32)28-9-11-33-12-10-28;22-21(23,24)19-27-26-18(32-19)17-3-1-15(2-4-17)13-29(14-16-5-7-25-8-6-16)20(30)28-9-11-31-12-10-28/h1-8H,9-15H2,(H,27,31);1-8H,9-14H2. The average Bonchev–Trinajstić information content (AvgIpc) is 3.83. The molecule has 16 nitrogen and oxygen atoms in total.